The Kier molecular flexibility index (Phi) is 5.78. The molecule has 1 heterocycles. The number of hydrogen-bond donors (Lipinski definition) is 1. The summed E-state index contributed by atoms with van der Waals surface area (Å²) in [5, 5.41) is 2.74. The zero-order chi connectivity index (χ0) is 15.1. The van der Waals surface area contributed by atoms with Crippen molar-refractivity contribution in [1.82, 2.24) is 10.2 Å². The van der Waals surface area contributed by atoms with E-state index in [9.17, 15) is 9.59 Å². The van der Waals surface area contributed by atoms with Gasteiger partial charge in [-0.1, -0.05) is 37.3 Å². The standard InChI is InChI=1S/C17H24N2O2/c1-2-15-10-6-7-11-19(15)17(21)13-18-16(20)12-14-8-4-3-5-9-14/h3-5,8-9,15H,2,6-7,10-13H2,1H3,(H,18,20). The third kappa shape index (κ3) is 4.59. The molecule has 0 bridgehead atoms. The van der Waals surface area contributed by atoms with Crippen LogP contribution in [0.4, 0.5) is 0 Å². The van der Waals surface area contributed by atoms with E-state index in [1.54, 1.807) is 0 Å². The first-order valence-electron chi connectivity index (χ1n) is 7.80. The van der Waals surface area contributed by atoms with E-state index in [1.807, 2.05) is 35.2 Å². The summed E-state index contributed by atoms with van der Waals surface area (Å²) in [6.45, 7) is 3.05. The summed E-state index contributed by atoms with van der Waals surface area (Å²) in [5.74, 6) is -0.0532. The molecule has 0 aliphatic carbocycles. The van der Waals surface area contributed by atoms with Gasteiger partial charge in [0.1, 0.15) is 0 Å². The number of benzene rings is 1. The maximum absolute atomic E-state index is 12.2. The van der Waals surface area contributed by atoms with Gasteiger partial charge in [-0.15, -0.1) is 0 Å². The lowest BCUT2D eigenvalue weighted by atomic mass is 10.00. The van der Waals surface area contributed by atoms with Crippen molar-refractivity contribution in [3.63, 3.8) is 0 Å². The minimum Gasteiger partial charge on any atom is -0.347 e. The molecule has 114 valence electrons. The van der Waals surface area contributed by atoms with Crippen LogP contribution >= 0.6 is 0 Å². The molecule has 1 aliphatic heterocycles. The van der Waals surface area contributed by atoms with Gasteiger partial charge in [-0.25, -0.2) is 0 Å². The van der Waals surface area contributed by atoms with Gasteiger partial charge in [0, 0.05) is 12.6 Å². The highest BCUT2D eigenvalue weighted by Gasteiger charge is 2.25. The predicted octanol–water partition coefficient (Wildman–Crippen LogP) is 2.14. The van der Waals surface area contributed by atoms with E-state index in [0.717, 1.165) is 31.4 Å². The summed E-state index contributed by atoms with van der Waals surface area (Å²) in [4.78, 5) is 26.0. The van der Waals surface area contributed by atoms with Gasteiger partial charge < -0.3 is 10.2 Å². The predicted molar refractivity (Wildman–Crippen MR) is 82.8 cm³/mol. The molecule has 1 aliphatic rings. The molecule has 2 rings (SSSR count). The quantitative estimate of drug-likeness (QED) is 0.902. The van der Waals surface area contributed by atoms with Gasteiger partial charge in [0.05, 0.1) is 13.0 Å². The number of rotatable bonds is 5. The molecule has 21 heavy (non-hydrogen) atoms. The molecule has 0 aromatic heterocycles. The summed E-state index contributed by atoms with van der Waals surface area (Å²) in [6, 6.07) is 9.92. The van der Waals surface area contributed by atoms with E-state index in [4.69, 9.17) is 0 Å². The summed E-state index contributed by atoms with van der Waals surface area (Å²) < 4.78 is 0. The van der Waals surface area contributed by atoms with E-state index in [-0.39, 0.29) is 18.4 Å². The molecule has 4 heteroatoms. The zero-order valence-corrected chi connectivity index (χ0v) is 12.7. The molecule has 1 fully saturated rings. The lowest BCUT2D eigenvalue weighted by molar-refractivity contribution is -0.135. The molecule has 1 N–H and O–H groups in total. The lowest BCUT2D eigenvalue weighted by Crippen LogP contribution is -2.47. The fourth-order valence-electron chi connectivity index (χ4n) is 2.87. The molecule has 4 nitrogen and oxygen atoms in total. The smallest absolute Gasteiger partial charge is 0.242 e. The molecule has 1 aromatic rings. The zero-order valence-electron chi connectivity index (χ0n) is 12.7. The maximum atomic E-state index is 12.2. The topological polar surface area (TPSA) is 49.4 Å². The van der Waals surface area contributed by atoms with Crippen molar-refractivity contribution in [1.29, 1.82) is 0 Å². The van der Waals surface area contributed by atoms with Crippen LogP contribution in [0.2, 0.25) is 0 Å². The average molecular weight is 288 g/mol. The van der Waals surface area contributed by atoms with Gasteiger partial charge in [-0.2, -0.15) is 0 Å². The largest absolute Gasteiger partial charge is 0.347 e. The van der Waals surface area contributed by atoms with E-state index in [2.05, 4.69) is 12.2 Å². The SMILES string of the molecule is CCC1CCCCN1C(=O)CNC(=O)Cc1ccccc1. The molecular weight excluding hydrogens is 264 g/mol. The number of piperidine rings is 1. The minimum absolute atomic E-state index is 0.0444. The van der Waals surface area contributed by atoms with E-state index in [1.165, 1.54) is 6.42 Å². The van der Waals surface area contributed by atoms with Gasteiger partial charge in [0.25, 0.3) is 0 Å². The van der Waals surface area contributed by atoms with Crippen LogP contribution in [-0.2, 0) is 16.0 Å². The van der Waals surface area contributed by atoms with Crippen LogP contribution in [-0.4, -0.2) is 35.8 Å². The highest BCUT2D eigenvalue weighted by Crippen LogP contribution is 2.19. The van der Waals surface area contributed by atoms with Crippen LogP contribution < -0.4 is 5.32 Å². The Labute approximate surface area is 126 Å². The Hall–Kier alpha value is -1.84. The molecule has 0 spiro atoms. The second-order valence-corrected chi connectivity index (χ2v) is 5.58. The van der Waals surface area contributed by atoms with Crippen LogP contribution in [0.5, 0.6) is 0 Å². The summed E-state index contributed by atoms with van der Waals surface area (Å²) in [5.41, 5.74) is 0.965. The van der Waals surface area contributed by atoms with Crippen LogP contribution in [0.25, 0.3) is 0 Å². The average Bonchev–Trinajstić information content (AvgIpc) is 2.53. The van der Waals surface area contributed by atoms with Crippen LogP contribution in [0, 0.1) is 0 Å². The van der Waals surface area contributed by atoms with Crippen molar-refractivity contribution in [2.24, 2.45) is 0 Å². The number of nitrogens with one attached hydrogen (secondary N) is 1. The second-order valence-electron chi connectivity index (χ2n) is 5.58. The summed E-state index contributed by atoms with van der Waals surface area (Å²) in [7, 11) is 0. The monoisotopic (exact) mass is 288 g/mol. The second kappa shape index (κ2) is 7.81. The number of carbonyl (C=O) groups is 2. The molecular formula is C17H24N2O2. The normalized spacial score (nSPS) is 18.3. The Balaban J connectivity index is 1.79. The Morgan fingerprint density at radius 2 is 2.00 bits per heavy atom. The van der Waals surface area contributed by atoms with Gasteiger partial charge in [0.15, 0.2) is 0 Å². The fourth-order valence-corrected chi connectivity index (χ4v) is 2.87. The first kappa shape index (κ1) is 15.5. The molecule has 0 radical (unpaired) electrons. The van der Waals surface area contributed by atoms with Gasteiger partial charge in [-0.05, 0) is 31.2 Å². The molecule has 2 amide bonds. The number of hydrogen-bond acceptors (Lipinski definition) is 2. The lowest BCUT2D eigenvalue weighted by Gasteiger charge is -2.35. The van der Waals surface area contributed by atoms with E-state index < -0.39 is 0 Å². The molecule has 1 atom stereocenters. The van der Waals surface area contributed by atoms with Crippen molar-refractivity contribution in [3.05, 3.63) is 35.9 Å². The number of nitrogens with zero attached hydrogens (tertiary/aromatic N) is 1. The first-order chi connectivity index (χ1) is 10.2. The van der Waals surface area contributed by atoms with Gasteiger partial charge in [-0.3, -0.25) is 9.59 Å². The third-order valence-corrected chi connectivity index (χ3v) is 4.06. The van der Waals surface area contributed by atoms with Crippen LogP contribution in [0.15, 0.2) is 30.3 Å². The fraction of sp³-hybridized carbons (Fsp3) is 0.529. The summed E-state index contributed by atoms with van der Waals surface area (Å²) >= 11 is 0. The molecule has 0 saturated carbocycles. The minimum atomic E-state index is -0.0976. The Morgan fingerprint density at radius 1 is 1.24 bits per heavy atom. The third-order valence-electron chi connectivity index (χ3n) is 4.06. The van der Waals surface area contributed by atoms with Crippen molar-refractivity contribution >= 4 is 11.8 Å². The number of likely N-dealkylation sites (tertiary alicyclic amines) is 1. The van der Waals surface area contributed by atoms with Crippen molar-refractivity contribution < 1.29 is 9.59 Å². The molecule has 1 aromatic carbocycles. The first-order valence-corrected chi connectivity index (χ1v) is 7.80. The number of carbonyl (C=O) groups excluding carboxylic acids is 2. The van der Waals surface area contributed by atoms with Crippen molar-refractivity contribution in [2.45, 2.75) is 45.1 Å². The van der Waals surface area contributed by atoms with Crippen molar-refractivity contribution in [3.8, 4) is 0 Å². The maximum Gasteiger partial charge on any atom is 0.242 e. The van der Waals surface area contributed by atoms with E-state index in [0.29, 0.717) is 12.5 Å². The summed E-state index contributed by atoms with van der Waals surface area (Å²) in [6.07, 6.45) is 4.66. The van der Waals surface area contributed by atoms with Crippen molar-refractivity contribution in [2.75, 3.05) is 13.1 Å². The molecule has 1 unspecified atom stereocenters. The van der Waals surface area contributed by atoms with Gasteiger partial charge >= 0.3 is 0 Å². The highest BCUT2D eigenvalue weighted by atomic mass is 16.2. The highest BCUT2D eigenvalue weighted by molar-refractivity contribution is 5.85. The number of amides is 2. The van der Waals surface area contributed by atoms with Crippen LogP contribution in [0.1, 0.15) is 38.2 Å². The van der Waals surface area contributed by atoms with Crippen LogP contribution in [0.3, 0.4) is 0 Å². The van der Waals surface area contributed by atoms with Gasteiger partial charge in [0.2, 0.25) is 11.8 Å². The Bertz CT molecular complexity index is 473. The Morgan fingerprint density at radius 3 is 2.71 bits per heavy atom. The molecule has 1 saturated heterocycles. The van der Waals surface area contributed by atoms with E-state index >= 15 is 0 Å².